The second-order valence-corrected chi connectivity index (χ2v) is 10.5. The van der Waals surface area contributed by atoms with Gasteiger partial charge in [-0.3, -0.25) is 4.79 Å². The van der Waals surface area contributed by atoms with Gasteiger partial charge in [0.25, 0.3) is 0 Å². The Kier molecular flexibility index (Phi) is 4.11. The van der Waals surface area contributed by atoms with Crippen LogP contribution in [-0.2, 0) is 4.79 Å². The van der Waals surface area contributed by atoms with Crippen LogP contribution in [0.2, 0.25) is 0 Å². The number of allylic oxidation sites excluding steroid dienone is 4. The zero-order chi connectivity index (χ0) is 19.0. The third-order valence-electron chi connectivity index (χ3n) is 8.89. The SMILES string of the molecule is CC[C@@]1(SC)CC[C@H]2[C@@H]3CCC4=CC(=O)C=C[C@]4(C)[C@@]3(F)[C@@H](O)C[C@@]21C. The number of carbonyl (C=O) groups is 1. The van der Waals surface area contributed by atoms with E-state index >= 15 is 4.39 Å². The first-order valence-corrected chi connectivity index (χ1v) is 11.3. The summed E-state index contributed by atoms with van der Waals surface area (Å²) in [6, 6.07) is 0. The Labute approximate surface area is 160 Å². The summed E-state index contributed by atoms with van der Waals surface area (Å²) in [7, 11) is 0. The summed E-state index contributed by atoms with van der Waals surface area (Å²) >= 11 is 1.92. The monoisotopic (exact) mass is 378 g/mol. The predicted octanol–water partition coefficient (Wildman–Crippen LogP) is 4.87. The summed E-state index contributed by atoms with van der Waals surface area (Å²) in [5, 5.41) is 11.2. The summed E-state index contributed by atoms with van der Waals surface area (Å²) in [6.07, 6.45) is 11.3. The molecule has 3 saturated carbocycles. The van der Waals surface area contributed by atoms with Gasteiger partial charge in [-0.05, 0) is 75.2 Å². The van der Waals surface area contributed by atoms with Crippen molar-refractivity contribution in [3.63, 3.8) is 0 Å². The summed E-state index contributed by atoms with van der Waals surface area (Å²) in [5.74, 6) is 0.104. The lowest BCUT2D eigenvalue weighted by Gasteiger charge is -2.63. The van der Waals surface area contributed by atoms with Gasteiger partial charge >= 0.3 is 0 Å². The molecule has 1 N–H and O–H groups in total. The van der Waals surface area contributed by atoms with Crippen LogP contribution in [0.4, 0.5) is 4.39 Å². The molecule has 26 heavy (non-hydrogen) atoms. The lowest BCUT2D eigenvalue weighted by molar-refractivity contribution is -0.192. The highest BCUT2D eigenvalue weighted by molar-refractivity contribution is 8.00. The molecule has 4 aliphatic rings. The highest BCUT2D eigenvalue weighted by atomic mass is 32.2. The van der Waals surface area contributed by atoms with Crippen LogP contribution in [0.5, 0.6) is 0 Å². The first-order chi connectivity index (χ1) is 12.2. The molecule has 0 heterocycles. The Hall–Kier alpha value is -0.610. The van der Waals surface area contributed by atoms with Gasteiger partial charge in [-0.15, -0.1) is 0 Å². The molecular weight excluding hydrogens is 347 g/mol. The van der Waals surface area contributed by atoms with E-state index in [1.165, 1.54) is 6.08 Å². The summed E-state index contributed by atoms with van der Waals surface area (Å²) < 4.78 is 17.0. The maximum Gasteiger partial charge on any atom is 0.178 e. The molecule has 4 aliphatic carbocycles. The van der Waals surface area contributed by atoms with Crippen LogP contribution in [0.3, 0.4) is 0 Å². The second-order valence-electron chi connectivity index (χ2n) is 9.36. The van der Waals surface area contributed by atoms with E-state index in [4.69, 9.17) is 0 Å². The van der Waals surface area contributed by atoms with Crippen molar-refractivity contribution in [3.8, 4) is 0 Å². The summed E-state index contributed by atoms with van der Waals surface area (Å²) in [5.41, 5.74) is -1.70. The molecule has 0 unspecified atom stereocenters. The average Bonchev–Trinajstić information content (AvgIpc) is 2.89. The van der Waals surface area contributed by atoms with Crippen LogP contribution >= 0.6 is 11.8 Å². The molecule has 0 aromatic heterocycles. The Morgan fingerprint density at radius 3 is 2.69 bits per heavy atom. The van der Waals surface area contributed by atoms with Crippen molar-refractivity contribution >= 4 is 17.5 Å². The maximum absolute atomic E-state index is 16.9. The van der Waals surface area contributed by atoms with Gasteiger partial charge < -0.3 is 5.11 Å². The molecule has 4 heteroatoms. The number of fused-ring (bicyclic) bond motifs is 5. The third-order valence-corrected chi connectivity index (χ3v) is 10.6. The molecular formula is C22H31FO2S. The normalized spacial score (nSPS) is 52.9. The number of rotatable bonds is 2. The van der Waals surface area contributed by atoms with Crippen molar-refractivity contribution in [2.24, 2.45) is 22.7 Å². The standard InChI is InChI=1S/C22H31FO2S/c1-5-21(26-4)11-9-16-17-7-6-14-12-15(24)8-10-19(14,2)22(17,23)18(25)13-20(16,21)3/h8,10,12,16-18,25H,5-7,9,11,13H2,1-4H3/t16-,17-,18-,19-,20-,21+,22-/m0/s1. The van der Waals surface area contributed by atoms with Gasteiger partial charge in [0.05, 0.1) is 6.10 Å². The van der Waals surface area contributed by atoms with Crippen molar-refractivity contribution < 1.29 is 14.3 Å². The van der Waals surface area contributed by atoms with Crippen LogP contribution in [0.1, 0.15) is 59.3 Å². The summed E-state index contributed by atoms with van der Waals surface area (Å²) in [6.45, 7) is 6.45. The first kappa shape index (κ1) is 18.7. The number of alkyl halides is 1. The van der Waals surface area contributed by atoms with E-state index in [9.17, 15) is 9.90 Å². The number of aliphatic hydroxyl groups is 1. The van der Waals surface area contributed by atoms with Crippen LogP contribution in [-0.4, -0.2) is 33.7 Å². The number of hydrogen-bond acceptors (Lipinski definition) is 3. The number of aliphatic hydroxyl groups excluding tert-OH is 1. The molecule has 3 fully saturated rings. The Morgan fingerprint density at radius 2 is 2.04 bits per heavy atom. The predicted molar refractivity (Wildman–Crippen MR) is 105 cm³/mol. The minimum atomic E-state index is -1.68. The van der Waals surface area contributed by atoms with E-state index in [1.807, 2.05) is 18.7 Å². The van der Waals surface area contributed by atoms with Crippen molar-refractivity contribution in [1.82, 2.24) is 0 Å². The van der Waals surface area contributed by atoms with E-state index in [-0.39, 0.29) is 21.9 Å². The van der Waals surface area contributed by atoms with Gasteiger partial charge in [0.15, 0.2) is 11.5 Å². The molecule has 0 bridgehead atoms. The van der Waals surface area contributed by atoms with Gasteiger partial charge in [0.2, 0.25) is 0 Å². The molecule has 2 nitrogen and oxygen atoms in total. The second kappa shape index (κ2) is 5.70. The largest absolute Gasteiger partial charge is 0.390 e. The maximum atomic E-state index is 16.9. The molecule has 0 spiro atoms. The third kappa shape index (κ3) is 1.96. The molecule has 0 saturated heterocycles. The van der Waals surface area contributed by atoms with Gasteiger partial charge in [0, 0.05) is 16.1 Å². The number of halogens is 1. The van der Waals surface area contributed by atoms with Crippen LogP contribution in [0.25, 0.3) is 0 Å². The van der Waals surface area contributed by atoms with Gasteiger partial charge in [-0.25, -0.2) is 4.39 Å². The highest BCUT2D eigenvalue weighted by Gasteiger charge is 2.72. The van der Waals surface area contributed by atoms with E-state index in [1.54, 1.807) is 12.2 Å². The molecule has 7 atom stereocenters. The molecule has 0 amide bonds. The average molecular weight is 379 g/mol. The zero-order valence-corrected chi connectivity index (χ0v) is 17.2. The molecule has 4 rings (SSSR count). The molecule has 0 aliphatic heterocycles. The van der Waals surface area contributed by atoms with Crippen molar-refractivity contribution in [2.45, 2.75) is 75.8 Å². The topological polar surface area (TPSA) is 37.3 Å². The van der Waals surface area contributed by atoms with Crippen molar-refractivity contribution in [3.05, 3.63) is 23.8 Å². The van der Waals surface area contributed by atoms with Crippen molar-refractivity contribution in [1.29, 1.82) is 0 Å². The van der Waals surface area contributed by atoms with Crippen LogP contribution < -0.4 is 0 Å². The Balaban J connectivity index is 1.82. The van der Waals surface area contributed by atoms with E-state index in [0.29, 0.717) is 12.3 Å². The molecule has 0 aromatic rings. The quantitative estimate of drug-likeness (QED) is 0.745. The van der Waals surface area contributed by atoms with Gasteiger partial charge in [-0.2, -0.15) is 11.8 Å². The van der Waals surface area contributed by atoms with Crippen LogP contribution in [0.15, 0.2) is 23.8 Å². The van der Waals surface area contributed by atoms with Crippen LogP contribution in [0, 0.1) is 22.7 Å². The fourth-order valence-electron chi connectivity index (χ4n) is 7.35. The Morgan fingerprint density at radius 1 is 1.31 bits per heavy atom. The summed E-state index contributed by atoms with van der Waals surface area (Å²) in [4.78, 5) is 11.9. The molecule has 0 aromatic carbocycles. The number of hydrogen-bond donors (Lipinski definition) is 1. The van der Waals surface area contributed by atoms with E-state index < -0.39 is 17.2 Å². The number of carbonyl (C=O) groups excluding carboxylic acids is 1. The molecule has 144 valence electrons. The number of ketones is 1. The lowest BCUT2D eigenvalue weighted by atomic mass is 9.45. The minimum Gasteiger partial charge on any atom is -0.390 e. The smallest absolute Gasteiger partial charge is 0.178 e. The fourth-order valence-corrected chi connectivity index (χ4v) is 8.66. The highest BCUT2D eigenvalue weighted by Crippen LogP contribution is 2.72. The van der Waals surface area contributed by atoms with Crippen molar-refractivity contribution in [2.75, 3.05) is 6.26 Å². The molecule has 0 radical (unpaired) electrons. The number of thioether (sulfide) groups is 1. The zero-order valence-electron chi connectivity index (χ0n) is 16.3. The van der Waals surface area contributed by atoms with Gasteiger partial charge in [-0.1, -0.05) is 25.5 Å². The first-order valence-electron chi connectivity index (χ1n) is 10.0. The van der Waals surface area contributed by atoms with E-state index in [0.717, 1.165) is 37.7 Å². The van der Waals surface area contributed by atoms with Gasteiger partial charge in [0.1, 0.15) is 0 Å². The van der Waals surface area contributed by atoms with E-state index in [2.05, 4.69) is 20.1 Å². The Bertz CT molecular complexity index is 696. The fraction of sp³-hybridized carbons (Fsp3) is 0.773. The lowest BCUT2D eigenvalue weighted by Crippen LogP contribution is -2.67. The minimum absolute atomic E-state index is 0.0351.